The lowest BCUT2D eigenvalue weighted by Crippen LogP contribution is -2.40. The molecule has 154 valence electrons. The molecule has 0 aromatic heterocycles. The van der Waals surface area contributed by atoms with Crippen LogP contribution in [0.2, 0.25) is 0 Å². The Hall–Kier alpha value is -2.82. The minimum atomic E-state index is -3.64. The monoisotopic (exact) mass is 420 g/mol. The molecule has 2 aliphatic rings. The van der Waals surface area contributed by atoms with Crippen LogP contribution in [0.3, 0.4) is 0 Å². The number of hydrogen-bond donors (Lipinski definition) is 1. The number of hydrogen-bond acceptors (Lipinski definition) is 7. The van der Waals surface area contributed by atoms with Gasteiger partial charge < -0.3 is 24.3 Å². The minimum Gasteiger partial charge on any atom is -0.484 e. The lowest BCUT2D eigenvalue weighted by atomic mass is 10.3. The van der Waals surface area contributed by atoms with Crippen LogP contribution in [0.1, 0.15) is 0 Å². The molecule has 2 aromatic rings. The highest BCUT2D eigenvalue weighted by molar-refractivity contribution is 7.89. The number of anilines is 1. The van der Waals surface area contributed by atoms with Gasteiger partial charge in [0.25, 0.3) is 5.91 Å². The van der Waals surface area contributed by atoms with Crippen LogP contribution in [0.5, 0.6) is 17.2 Å². The number of morpholine rings is 1. The lowest BCUT2D eigenvalue weighted by molar-refractivity contribution is -0.118. The molecule has 1 amide bonds. The molecule has 4 rings (SSSR count). The van der Waals surface area contributed by atoms with E-state index in [-0.39, 0.29) is 18.3 Å². The molecule has 2 aliphatic heterocycles. The van der Waals surface area contributed by atoms with E-state index in [0.29, 0.717) is 49.2 Å². The van der Waals surface area contributed by atoms with Crippen LogP contribution < -0.4 is 19.5 Å². The summed E-state index contributed by atoms with van der Waals surface area (Å²) in [5.74, 6) is 1.24. The molecule has 0 atom stereocenters. The summed E-state index contributed by atoms with van der Waals surface area (Å²) in [4.78, 5) is 12.3. The number of benzene rings is 2. The van der Waals surface area contributed by atoms with Gasteiger partial charge in [0.1, 0.15) is 5.75 Å². The average Bonchev–Trinajstić information content (AvgIpc) is 3.21. The van der Waals surface area contributed by atoms with Gasteiger partial charge in [-0.25, -0.2) is 8.42 Å². The molecule has 10 heteroatoms. The van der Waals surface area contributed by atoms with Crippen molar-refractivity contribution in [2.75, 3.05) is 45.0 Å². The van der Waals surface area contributed by atoms with Gasteiger partial charge >= 0.3 is 0 Å². The molecule has 29 heavy (non-hydrogen) atoms. The zero-order valence-corrected chi connectivity index (χ0v) is 16.3. The molecule has 0 radical (unpaired) electrons. The number of carbonyl (C=O) groups excluding carboxylic acids is 1. The summed E-state index contributed by atoms with van der Waals surface area (Å²) in [6, 6.07) is 11.2. The van der Waals surface area contributed by atoms with Gasteiger partial charge in [-0.3, -0.25) is 4.79 Å². The molecule has 0 unspecified atom stereocenters. The first-order chi connectivity index (χ1) is 14.0. The maximum absolute atomic E-state index is 12.7. The lowest BCUT2D eigenvalue weighted by Gasteiger charge is -2.26. The number of rotatable bonds is 6. The highest BCUT2D eigenvalue weighted by atomic mass is 32.2. The molecule has 0 saturated carbocycles. The zero-order chi connectivity index (χ0) is 20.3. The van der Waals surface area contributed by atoms with Gasteiger partial charge in [-0.1, -0.05) is 6.07 Å². The number of nitrogens with zero attached hydrogens (tertiary/aromatic N) is 1. The quantitative estimate of drug-likeness (QED) is 0.754. The summed E-state index contributed by atoms with van der Waals surface area (Å²) in [6.07, 6.45) is 0. The first-order valence-electron chi connectivity index (χ1n) is 9.03. The number of nitrogens with one attached hydrogen (secondary N) is 1. The van der Waals surface area contributed by atoms with Crippen molar-refractivity contribution in [1.29, 1.82) is 0 Å². The van der Waals surface area contributed by atoms with E-state index in [4.69, 9.17) is 18.9 Å². The van der Waals surface area contributed by atoms with E-state index in [1.54, 1.807) is 30.3 Å². The van der Waals surface area contributed by atoms with Crippen molar-refractivity contribution < 1.29 is 32.2 Å². The summed E-state index contributed by atoms with van der Waals surface area (Å²) in [5, 5.41) is 2.65. The number of fused-ring (bicyclic) bond motifs is 1. The van der Waals surface area contributed by atoms with Gasteiger partial charge in [0.15, 0.2) is 18.1 Å². The van der Waals surface area contributed by atoms with Crippen LogP contribution in [0, 0.1) is 0 Å². The van der Waals surface area contributed by atoms with E-state index in [9.17, 15) is 13.2 Å². The Bertz CT molecular complexity index is 1000. The minimum absolute atomic E-state index is 0.119. The van der Waals surface area contributed by atoms with E-state index in [1.807, 2.05) is 0 Å². The second kappa shape index (κ2) is 8.27. The normalized spacial score (nSPS) is 16.4. The van der Waals surface area contributed by atoms with Crippen molar-refractivity contribution in [3.63, 3.8) is 0 Å². The summed E-state index contributed by atoms with van der Waals surface area (Å²) in [6.45, 7) is 1.27. The van der Waals surface area contributed by atoms with Crippen LogP contribution in [-0.4, -0.2) is 58.3 Å². The Balaban J connectivity index is 1.38. The molecule has 9 nitrogen and oxygen atoms in total. The number of amides is 1. The van der Waals surface area contributed by atoms with Crippen LogP contribution >= 0.6 is 0 Å². The van der Waals surface area contributed by atoms with Gasteiger partial charge in [0, 0.05) is 24.8 Å². The standard InChI is InChI=1S/C19H20N2O7S/c22-19(12-26-15-4-5-17-18(11-15)28-13-27-17)20-14-2-1-3-16(10-14)29(23,24)21-6-8-25-9-7-21/h1-5,10-11H,6-9,12-13H2,(H,20,22). The first-order valence-corrected chi connectivity index (χ1v) is 10.5. The fourth-order valence-corrected chi connectivity index (χ4v) is 4.44. The van der Waals surface area contributed by atoms with Crippen molar-refractivity contribution in [1.82, 2.24) is 4.31 Å². The van der Waals surface area contributed by atoms with Gasteiger partial charge in [-0.2, -0.15) is 4.31 Å². The van der Waals surface area contributed by atoms with E-state index < -0.39 is 15.9 Å². The molecule has 2 heterocycles. The number of ether oxygens (including phenoxy) is 4. The summed E-state index contributed by atoms with van der Waals surface area (Å²) < 4.78 is 48.0. The van der Waals surface area contributed by atoms with E-state index >= 15 is 0 Å². The highest BCUT2D eigenvalue weighted by Gasteiger charge is 2.26. The fourth-order valence-electron chi connectivity index (χ4n) is 2.98. The Kier molecular flexibility index (Phi) is 5.56. The van der Waals surface area contributed by atoms with E-state index in [0.717, 1.165) is 0 Å². The van der Waals surface area contributed by atoms with Gasteiger partial charge in [0.2, 0.25) is 16.8 Å². The smallest absolute Gasteiger partial charge is 0.262 e. The second-order valence-electron chi connectivity index (χ2n) is 6.40. The molecular weight excluding hydrogens is 400 g/mol. The predicted octanol–water partition coefficient (Wildman–Crippen LogP) is 1.45. The first kappa shape index (κ1) is 19.5. The Morgan fingerprint density at radius 3 is 2.69 bits per heavy atom. The molecular formula is C19H20N2O7S. The van der Waals surface area contributed by atoms with Crippen LogP contribution in [0.25, 0.3) is 0 Å². The zero-order valence-electron chi connectivity index (χ0n) is 15.5. The molecule has 1 N–H and O–H groups in total. The maximum atomic E-state index is 12.7. The average molecular weight is 420 g/mol. The summed E-state index contributed by atoms with van der Waals surface area (Å²) >= 11 is 0. The molecule has 1 saturated heterocycles. The van der Waals surface area contributed by atoms with Crippen molar-refractivity contribution >= 4 is 21.6 Å². The Labute approximate surface area is 168 Å². The number of carbonyl (C=O) groups is 1. The van der Waals surface area contributed by atoms with Crippen LogP contribution in [0.4, 0.5) is 5.69 Å². The highest BCUT2D eigenvalue weighted by Crippen LogP contribution is 2.35. The van der Waals surface area contributed by atoms with Crippen molar-refractivity contribution in [3.8, 4) is 17.2 Å². The van der Waals surface area contributed by atoms with Crippen molar-refractivity contribution in [2.24, 2.45) is 0 Å². The van der Waals surface area contributed by atoms with Crippen molar-refractivity contribution in [2.45, 2.75) is 4.90 Å². The molecule has 0 aliphatic carbocycles. The molecule has 2 aromatic carbocycles. The third kappa shape index (κ3) is 4.44. The molecule has 0 spiro atoms. The third-order valence-corrected chi connectivity index (χ3v) is 6.33. The van der Waals surface area contributed by atoms with Crippen molar-refractivity contribution in [3.05, 3.63) is 42.5 Å². The fraction of sp³-hybridized carbons (Fsp3) is 0.316. The van der Waals surface area contributed by atoms with E-state index in [1.165, 1.54) is 16.4 Å². The van der Waals surface area contributed by atoms with Gasteiger partial charge in [-0.05, 0) is 30.3 Å². The largest absolute Gasteiger partial charge is 0.484 e. The second-order valence-corrected chi connectivity index (χ2v) is 8.33. The molecule has 0 bridgehead atoms. The van der Waals surface area contributed by atoms with Gasteiger partial charge in [-0.15, -0.1) is 0 Å². The van der Waals surface area contributed by atoms with Crippen LogP contribution in [-0.2, 0) is 19.6 Å². The summed E-state index contributed by atoms with van der Waals surface area (Å²) in [7, 11) is -3.64. The summed E-state index contributed by atoms with van der Waals surface area (Å²) in [5.41, 5.74) is 0.374. The van der Waals surface area contributed by atoms with E-state index in [2.05, 4.69) is 5.32 Å². The van der Waals surface area contributed by atoms with Crippen LogP contribution in [0.15, 0.2) is 47.4 Å². The van der Waals surface area contributed by atoms with Gasteiger partial charge in [0.05, 0.1) is 18.1 Å². The predicted molar refractivity (Wildman–Crippen MR) is 103 cm³/mol. The maximum Gasteiger partial charge on any atom is 0.262 e. The SMILES string of the molecule is O=C(COc1ccc2c(c1)OCO2)Nc1cccc(S(=O)(=O)N2CCOCC2)c1. The Morgan fingerprint density at radius 2 is 1.86 bits per heavy atom. The molecule has 1 fully saturated rings. The topological polar surface area (TPSA) is 103 Å². The number of sulfonamides is 1. The Morgan fingerprint density at radius 1 is 1.07 bits per heavy atom. The third-order valence-electron chi connectivity index (χ3n) is 4.44.